The lowest BCUT2D eigenvalue weighted by atomic mass is 10.2. The number of benzene rings is 1. The van der Waals surface area contributed by atoms with Gasteiger partial charge in [-0.05, 0) is 31.9 Å². The fourth-order valence-corrected chi connectivity index (χ4v) is 2.81. The van der Waals surface area contributed by atoms with Crippen LogP contribution in [0.2, 0.25) is 0 Å². The number of nitrogens with zero attached hydrogens (tertiary/aromatic N) is 2. The van der Waals surface area contributed by atoms with Crippen molar-refractivity contribution in [2.24, 2.45) is 0 Å². The van der Waals surface area contributed by atoms with Crippen molar-refractivity contribution in [3.05, 3.63) is 51.9 Å². The van der Waals surface area contributed by atoms with E-state index < -0.39 is 17.9 Å². The molecule has 1 atom stereocenters. The maximum atomic E-state index is 12.5. The highest BCUT2D eigenvalue weighted by atomic mass is 16.4. The number of rotatable bonds is 3. The average molecular weight is 315 g/mol. The molecule has 1 aromatic heterocycles. The van der Waals surface area contributed by atoms with Crippen LogP contribution in [0.5, 0.6) is 0 Å². The first-order chi connectivity index (χ1) is 11.0. The molecule has 2 heterocycles. The number of carboxylic acids is 1. The molecule has 1 aliphatic heterocycles. The van der Waals surface area contributed by atoms with Crippen LogP contribution in [0, 0.1) is 6.92 Å². The Balaban J connectivity index is 1.91. The number of amides is 1. The fourth-order valence-electron chi connectivity index (χ4n) is 2.81. The van der Waals surface area contributed by atoms with Crippen molar-refractivity contribution >= 4 is 11.9 Å². The van der Waals surface area contributed by atoms with Crippen LogP contribution in [-0.2, 0) is 4.79 Å². The zero-order chi connectivity index (χ0) is 16.6. The summed E-state index contributed by atoms with van der Waals surface area (Å²) in [5.74, 6) is -1.48. The van der Waals surface area contributed by atoms with Crippen molar-refractivity contribution in [3.63, 3.8) is 0 Å². The van der Waals surface area contributed by atoms with Gasteiger partial charge in [-0.3, -0.25) is 14.7 Å². The summed E-state index contributed by atoms with van der Waals surface area (Å²) in [5.41, 5.74) is 1.42. The molecule has 0 radical (unpaired) electrons. The monoisotopic (exact) mass is 315 g/mol. The molecule has 0 saturated carbocycles. The SMILES string of the molecule is Cc1ccc(-n2[nH]c(C(=O)N3CCC[C@@H]3C(=O)O)cc2=O)cc1. The van der Waals surface area contributed by atoms with Crippen molar-refractivity contribution in [1.82, 2.24) is 14.7 Å². The summed E-state index contributed by atoms with van der Waals surface area (Å²) < 4.78 is 1.28. The van der Waals surface area contributed by atoms with Crippen LogP contribution in [0.25, 0.3) is 5.69 Å². The van der Waals surface area contributed by atoms with E-state index in [9.17, 15) is 19.5 Å². The smallest absolute Gasteiger partial charge is 0.326 e. The van der Waals surface area contributed by atoms with Crippen LogP contribution in [0.4, 0.5) is 0 Å². The first-order valence-electron chi connectivity index (χ1n) is 7.40. The van der Waals surface area contributed by atoms with E-state index in [0.29, 0.717) is 25.1 Å². The number of hydrogen-bond donors (Lipinski definition) is 2. The lowest BCUT2D eigenvalue weighted by Crippen LogP contribution is -2.40. The molecular weight excluding hydrogens is 298 g/mol. The van der Waals surface area contributed by atoms with Gasteiger partial charge in [0.15, 0.2) is 0 Å². The van der Waals surface area contributed by atoms with Gasteiger partial charge in [0.05, 0.1) is 5.69 Å². The minimum Gasteiger partial charge on any atom is -0.480 e. The van der Waals surface area contributed by atoms with Crippen LogP contribution < -0.4 is 5.56 Å². The van der Waals surface area contributed by atoms with E-state index in [1.54, 1.807) is 12.1 Å². The van der Waals surface area contributed by atoms with Crippen molar-refractivity contribution < 1.29 is 14.7 Å². The van der Waals surface area contributed by atoms with Crippen molar-refractivity contribution in [2.75, 3.05) is 6.54 Å². The van der Waals surface area contributed by atoms with Crippen LogP contribution in [0.3, 0.4) is 0 Å². The minimum absolute atomic E-state index is 0.101. The maximum absolute atomic E-state index is 12.5. The number of carbonyl (C=O) groups is 2. The molecule has 0 aliphatic carbocycles. The molecule has 2 N–H and O–H groups in total. The summed E-state index contributed by atoms with van der Waals surface area (Å²) in [6, 6.07) is 7.67. The third kappa shape index (κ3) is 2.77. The molecule has 0 bridgehead atoms. The number of carbonyl (C=O) groups excluding carboxylic acids is 1. The second kappa shape index (κ2) is 5.75. The summed E-state index contributed by atoms with van der Waals surface area (Å²) in [6.07, 6.45) is 1.08. The third-order valence-electron chi connectivity index (χ3n) is 4.04. The first kappa shape index (κ1) is 15.1. The number of aromatic nitrogens is 2. The number of aromatic amines is 1. The standard InChI is InChI=1S/C16H17N3O4/c1-10-4-6-11(7-5-10)19-14(20)9-12(17-19)15(21)18-8-2-3-13(18)16(22)23/h4-7,9,13,17H,2-3,8H2,1H3,(H,22,23)/t13-/m1/s1. The normalized spacial score (nSPS) is 17.4. The van der Waals surface area contributed by atoms with Gasteiger partial charge in [0, 0.05) is 12.6 Å². The largest absolute Gasteiger partial charge is 0.480 e. The number of likely N-dealkylation sites (tertiary alicyclic amines) is 1. The van der Waals surface area contributed by atoms with Crippen LogP contribution in [0.1, 0.15) is 28.9 Å². The molecule has 23 heavy (non-hydrogen) atoms. The number of H-pyrrole nitrogens is 1. The molecule has 7 heteroatoms. The summed E-state index contributed by atoms with van der Waals surface area (Å²) >= 11 is 0. The highest BCUT2D eigenvalue weighted by molar-refractivity contribution is 5.95. The van der Waals surface area contributed by atoms with Crippen LogP contribution in [-0.4, -0.2) is 44.3 Å². The van der Waals surface area contributed by atoms with Gasteiger partial charge >= 0.3 is 5.97 Å². The number of aryl methyl sites for hydroxylation is 1. The molecule has 0 unspecified atom stereocenters. The number of aliphatic carboxylic acids is 1. The Kier molecular flexibility index (Phi) is 3.77. The third-order valence-corrected chi connectivity index (χ3v) is 4.04. The highest BCUT2D eigenvalue weighted by Gasteiger charge is 2.35. The van der Waals surface area contributed by atoms with Gasteiger partial charge in [-0.15, -0.1) is 0 Å². The van der Waals surface area contributed by atoms with E-state index in [4.69, 9.17) is 0 Å². The molecule has 3 rings (SSSR count). The van der Waals surface area contributed by atoms with E-state index in [1.165, 1.54) is 15.6 Å². The van der Waals surface area contributed by atoms with E-state index >= 15 is 0 Å². The Morgan fingerprint density at radius 2 is 1.96 bits per heavy atom. The molecule has 1 aromatic carbocycles. The molecular formula is C16H17N3O4. The van der Waals surface area contributed by atoms with E-state index in [-0.39, 0.29) is 11.3 Å². The van der Waals surface area contributed by atoms with Gasteiger partial charge in [-0.25, -0.2) is 9.48 Å². The molecule has 1 aliphatic rings. The topological polar surface area (TPSA) is 95.4 Å². The van der Waals surface area contributed by atoms with Crippen molar-refractivity contribution in [1.29, 1.82) is 0 Å². The van der Waals surface area contributed by atoms with Crippen molar-refractivity contribution in [2.45, 2.75) is 25.8 Å². The Hall–Kier alpha value is -2.83. The summed E-state index contributed by atoms with van der Waals surface area (Å²) in [7, 11) is 0. The van der Waals surface area contributed by atoms with E-state index in [0.717, 1.165) is 5.56 Å². The average Bonchev–Trinajstić information content (AvgIpc) is 3.14. The number of carboxylic acid groups (broad SMARTS) is 1. The molecule has 120 valence electrons. The molecule has 1 amide bonds. The summed E-state index contributed by atoms with van der Waals surface area (Å²) in [4.78, 5) is 37.1. The zero-order valence-corrected chi connectivity index (χ0v) is 12.7. The van der Waals surface area contributed by atoms with Gasteiger partial charge < -0.3 is 10.0 Å². The fraction of sp³-hybridized carbons (Fsp3) is 0.312. The number of hydrogen-bond acceptors (Lipinski definition) is 3. The van der Waals surface area contributed by atoms with Crippen LogP contribution >= 0.6 is 0 Å². The molecule has 1 fully saturated rings. The summed E-state index contributed by atoms with van der Waals surface area (Å²) in [5, 5.41) is 11.9. The Morgan fingerprint density at radius 1 is 1.26 bits per heavy atom. The van der Waals surface area contributed by atoms with Gasteiger partial charge in [-0.1, -0.05) is 17.7 Å². The maximum Gasteiger partial charge on any atom is 0.326 e. The molecule has 2 aromatic rings. The van der Waals surface area contributed by atoms with Gasteiger partial charge in [-0.2, -0.15) is 0 Å². The molecule has 7 nitrogen and oxygen atoms in total. The number of nitrogens with one attached hydrogen (secondary N) is 1. The highest BCUT2D eigenvalue weighted by Crippen LogP contribution is 2.19. The van der Waals surface area contributed by atoms with Gasteiger partial charge in [0.1, 0.15) is 11.7 Å². The lowest BCUT2D eigenvalue weighted by Gasteiger charge is -2.20. The van der Waals surface area contributed by atoms with Crippen molar-refractivity contribution in [3.8, 4) is 5.69 Å². The first-order valence-corrected chi connectivity index (χ1v) is 7.40. The van der Waals surface area contributed by atoms with E-state index in [1.807, 2.05) is 19.1 Å². The quantitative estimate of drug-likeness (QED) is 0.888. The Morgan fingerprint density at radius 3 is 2.61 bits per heavy atom. The zero-order valence-electron chi connectivity index (χ0n) is 12.7. The minimum atomic E-state index is -1.02. The van der Waals surface area contributed by atoms with Gasteiger partial charge in [0.25, 0.3) is 11.5 Å². The second-order valence-electron chi connectivity index (χ2n) is 5.67. The Bertz CT molecular complexity index is 803. The molecule has 1 saturated heterocycles. The predicted octanol–water partition coefficient (Wildman–Crippen LogP) is 1.16. The molecule has 0 spiro atoms. The second-order valence-corrected chi connectivity index (χ2v) is 5.67. The van der Waals surface area contributed by atoms with E-state index in [2.05, 4.69) is 5.10 Å². The Labute approximate surface area is 132 Å². The van der Waals surface area contributed by atoms with Gasteiger partial charge in [0.2, 0.25) is 0 Å². The van der Waals surface area contributed by atoms with Crippen LogP contribution in [0.15, 0.2) is 35.1 Å². The lowest BCUT2D eigenvalue weighted by molar-refractivity contribution is -0.141. The summed E-state index contributed by atoms with van der Waals surface area (Å²) in [6.45, 7) is 2.32. The predicted molar refractivity (Wildman–Crippen MR) is 82.8 cm³/mol.